The van der Waals surface area contributed by atoms with Crippen molar-refractivity contribution in [1.82, 2.24) is 0 Å². The quantitative estimate of drug-likeness (QED) is 0.653. The molecule has 1 saturated heterocycles. The van der Waals surface area contributed by atoms with E-state index in [2.05, 4.69) is 5.32 Å². The molecule has 2 amide bonds. The largest absolute Gasteiger partial charge is 0.462 e. The summed E-state index contributed by atoms with van der Waals surface area (Å²) in [4.78, 5) is 41.0. The highest BCUT2D eigenvalue weighted by atomic mass is 35.5. The number of hydrogen-bond acceptors (Lipinski definition) is 5. The number of fused-ring (bicyclic) bond motifs is 1. The van der Waals surface area contributed by atoms with Gasteiger partial charge in [-0.2, -0.15) is 0 Å². The van der Waals surface area contributed by atoms with E-state index in [1.54, 1.807) is 17.9 Å². The molecule has 1 aliphatic heterocycles. The fraction of sp³-hybridized carbons (Fsp3) is 0.435. The van der Waals surface area contributed by atoms with Crippen LogP contribution in [-0.2, 0) is 27.2 Å². The van der Waals surface area contributed by atoms with Gasteiger partial charge in [-0.25, -0.2) is 4.79 Å². The van der Waals surface area contributed by atoms with Gasteiger partial charge in [0, 0.05) is 28.6 Å². The predicted molar refractivity (Wildman–Crippen MR) is 122 cm³/mol. The van der Waals surface area contributed by atoms with E-state index >= 15 is 0 Å². The number of nitrogens with zero attached hydrogens (tertiary/aromatic N) is 1. The number of nitrogens with one attached hydrogen (secondary N) is 1. The summed E-state index contributed by atoms with van der Waals surface area (Å²) >= 11 is 7.67. The number of benzene rings is 1. The maximum atomic E-state index is 13.0. The first kappa shape index (κ1) is 21.8. The van der Waals surface area contributed by atoms with Crippen LogP contribution in [0.15, 0.2) is 18.2 Å². The van der Waals surface area contributed by atoms with Crippen LogP contribution in [0.25, 0.3) is 0 Å². The summed E-state index contributed by atoms with van der Waals surface area (Å²) in [6.45, 7) is 4.23. The molecule has 6 nitrogen and oxygen atoms in total. The van der Waals surface area contributed by atoms with Crippen LogP contribution in [-0.4, -0.2) is 30.9 Å². The van der Waals surface area contributed by atoms with Crippen LogP contribution in [0.4, 0.5) is 10.7 Å². The van der Waals surface area contributed by atoms with E-state index in [0.717, 1.165) is 41.7 Å². The molecule has 8 heteroatoms. The Morgan fingerprint density at radius 2 is 2.06 bits per heavy atom. The van der Waals surface area contributed by atoms with Crippen LogP contribution in [0.1, 0.15) is 52.5 Å². The first-order valence-corrected chi connectivity index (χ1v) is 11.8. The molecule has 4 rings (SSSR count). The average molecular weight is 461 g/mol. The van der Waals surface area contributed by atoms with Gasteiger partial charge in [0.05, 0.1) is 18.1 Å². The highest BCUT2D eigenvalue weighted by Crippen LogP contribution is 2.39. The van der Waals surface area contributed by atoms with Gasteiger partial charge in [-0.05, 0) is 62.8 Å². The molecule has 0 saturated carbocycles. The number of aryl methyl sites for hydroxylation is 2. The normalized spacial score (nSPS) is 18.1. The maximum Gasteiger partial charge on any atom is 0.341 e. The molecular formula is C23H25ClN2O4S. The summed E-state index contributed by atoms with van der Waals surface area (Å²) in [5, 5.41) is 4.06. The molecular weight excluding hydrogens is 436 g/mol. The van der Waals surface area contributed by atoms with Crippen molar-refractivity contribution in [2.24, 2.45) is 5.92 Å². The molecule has 1 N–H and O–H groups in total. The number of rotatable bonds is 5. The van der Waals surface area contributed by atoms with Crippen LogP contribution < -0.4 is 10.2 Å². The van der Waals surface area contributed by atoms with Crippen LogP contribution in [0.2, 0.25) is 5.02 Å². The summed E-state index contributed by atoms with van der Waals surface area (Å²) < 4.78 is 5.25. The van der Waals surface area contributed by atoms with Crippen molar-refractivity contribution in [1.29, 1.82) is 0 Å². The molecule has 0 bridgehead atoms. The van der Waals surface area contributed by atoms with E-state index in [9.17, 15) is 14.4 Å². The molecule has 1 unspecified atom stereocenters. The van der Waals surface area contributed by atoms with Crippen molar-refractivity contribution in [3.63, 3.8) is 0 Å². The zero-order valence-corrected chi connectivity index (χ0v) is 19.2. The lowest BCUT2D eigenvalue weighted by atomic mass is 9.95. The summed E-state index contributed by atoms with van der Waals surface area (Å²) in [6, 6.07) is 5.45. The second-order valence-electron chi connectivity index (χ2n) is 7.96. The van der Waals surface area contributed by atoms with Crippen molar-refractivity contribution in [2.45, 2.75) is 46.0 Å². The SMILES string of the molecule is CCOC(=O)c1c(NC(=O)C2CC(=O)N(c3ccc(C)c(Cl)c3)C2)sc2c1CCCC2. The second kappa shape index (κ2) is 9.01. The van der Waals surface area contributed by atoms with Gasteiger partial charge in [0.25, 0.3) is 0 Å². The van der Waals surface area contributed by atoms with E-state index in [-0.39, 0.29) is 31.4 Å². The molecule has 2 aliphatic rings. The first-order chi connectivity index (χ1) is 14.9. The highest BCUT2D eigenvalue weighted by molar-refractivity contribution is 7.17. The zero-order chi connectivity index (χ0) is 22.1. The van der Waals surface area contributed by atoms with Gasteiger partial charge < -0.3 is 15.0 Å². The van der Waals surface area contributed by atoms with Gasteiger partial charge in [-0.1, -0.05) is 17.7 Å². The minimum Gasteiger partial charge on any atom is -0.462 e. The number of esters is 1. The molecule has 0 radical (unpaired) electrons. The van der Waals surface area contributed by atoms with Crippen LogP contribution >= 0.6 is 22.9 Å². The number of carbonyl (C=O) groups excluding carboxylic acids is 3. The lowest BCUT2D eigenvalue weighted by molar-refractivity contribution is -0.122. The molecule has 2 heterocycles. The number of amides is 2. The summed E-state index contributed by atoms with van der Waals surface area (Å²) in [5.41, 5.74) is 3.11. The minimum atomic E-state index is -0.498. The van der Waals surface area contributed by atoms with E-state index in [1.165, 1.54) is 11.3 Å². The second-order valence-corrected chi connectivity index (χ2v) is 9.48. The van der Waals surface area contributed by atoms with Crippen molar-refractivity contribution in [2.75, 3.05) is 23.4 Å². The van der Waals surface area contributed by atoms with Crippen molar-refractivity contribution < 1.29 is 19.1 Å². The Bertz CT molecular complexity index is 1050. The minimum absolute atomic E-state index is 0.115. The van der Waals surface area contributed by atoms with E-state index in [1.807, 2.05) is 19.1 Å². The molecule has 1 atom stereocenters. The van der Waals surface area contributed by atoms with Gasteiger partial charge in [0.2, 0.25) is 11.8 Å². The molecule has 31 heavy (non-hydrogen) atoms. The summed E-state index contributed by atoms with van der Waals surface area (Å²) in [6.07, 6.45) is 3.95. The molecule has 1 fully saturated rings. The predicted octanol–water partition coefficient (Wildman–Crippen LogP) is 4.76. The number of ether oxygens (including phenoxy) is 1. The Labute approximate surface area is 190 Å². The Morgan fingerprint density at radius 3 is 2.81 bits per heavy atom. The Balaban J connectivity index is 1.53. The summed E-state index contributed by atoms with van der Waals surface area (Å²) in [5.74, 6) is -1.26. The Kier molecular flexibility index (Phi) is 6.34. The monoisotopic (exact) mass is 460 g/mol. The van der Waals surface area contributed by atoms with Gasteiger partial charge in [-0.3, -0.25) is 9.59 Å². The van der Waals surface area contributed by atoms with Crippen LogP contribution in [0.3, 0.4) is 0 Å². The highest BCUT2D eigenvalue weighted by Gasteiger charge is 2.36. The van der Waals surface area contributed by atoms with Gasteiger partial charge in [-0.15, -0.1) is 11.3 Å². The van der Waals surface area contributed by atoms with Gasteiger partial charge in [0.1, 0.15) is 5.00 Å². The smallest absolute Gasteiger partial charge is 0.341 e. The Hall–Kier alpha value is -2.38. The molecule has 1 aliphatic carbocycles. The zero-order valence-electron chi connectivity index (χ0n) is 17.6. The van der Waals surface area contributed by atoms with Crippen LogP contribution in [0.5, 0.6) is 0 Å². The molecule has 164 valence electrons. The lowest BCUT2D eigenvalue weighted by Crippen LogP contribution is -2.28. The third-order valence-corrected chi connectivity index (χ3v) is 7.46. The summed E-state index contributed by atoms with van der Waals surface area (Å²) in [7, 11) is 0. The number of hydrogen-bond donors (Lipinski definition) is 1. The number of anilines is 2. The molecule has 1 aromatic heterocycles. The maximum absolute atomic E-state index is 13.0. The number of halogens is 1. The third kappa shape index (κ3) is 4.34. The molecule has 2 aromatic rings. The van der Waals surface area contributed by atoms with Crippen molar-refractivity contribution >= 4 is 51.4 Å². The van der Waals surface area contributed by atoms with Gasteiger partial charge >= 0.3 is 5.97 Å². The molecule has 0 spiro atoms. The fourth-order valence-corrected chi connectivity index (χ4v) is 5.62. The van der Waals surface area contributed by atoms with E-state index < -0.39 is 11.9 Å². The fourth-order valence-electron chi connectivity index (χ4n) is 4.17. The number of thiophene rings is 1. The standard InChI is InChI=1S/C23H25ClN2O4S/c1-3-30-23(29)20-16-6-4-5-7-18(16)31-22(20)25-21(28)14-10-19(27)26(12-14)15-9-8-13(2)17(24)11-15/h8-9,11,14H,3-7,10,12H2,1-2H3,(H,25,28). The van der Waals surface area contributed by atoms with Gasteiger partial charge in [0.15, 0.2) is 0 Å². The Morgan fingerprint density at radius 1 is 1.29 bits per heavy atom. The molecule has 1 aromatic carbocycles. The first-order valence-electron chi connectivity index (χ1n) is 10.6. The third-order valence-electron chi connectivity index (χ3n) is 5.85. The number of carbonyl (C=O) groups is 3. The van der Waals surface area contributed by atoms with Crippen LogP contribution in [0, 0.1) is 12.8 Å². The van der Waals surface area contributed by atoms with Crippen molar-refractivity contribution in [3.05, 3.63) is 44.8 Å². The lowest BCUT2D eigenvalue weighted by Gasteiger charge is -2.17. The average Bonchev–Trinajstić information content (AvgIpc) is 3.30. The van der Waals surface area contributed by atoms with E-state index in [0.29, 0.717) is 21.3 Å². The van der Waals surface area contributed by atoms with E-state index in [4.69, 9.17) is 16.3 Å². The van der Waals surface area contributed by atoms with Crippen molar-refractivity contribution in [3.8, 4) is 0 Å². The topological polar surface area (TPSA) is 75.7 Å².